The molecular weight excluding hydrogens is 236 g/mol. The fraction of sp³-hybridized carbons (Fsp3) is 0.250. The minimum Gasteiger partial charge on any atom is -0.352 e. The smallest absolute Gasteiger partial charge is 0.220 e. The van der Waals surface area contributed by atoms with Crippen LogP contribution in [0.15, 0.2) is 48.7 Å². The summed E-state index contributed by atoms with van der Waals surface area (Å²) in [6.07, 6.45) is 3.21. The molecule has 1 amide bonds. The van der Waals surface area contributed by atoms with E-state index >= 15 is 0 Å². The normalized spacial score (nSPS) is 10.2. The van der Waals surface area contributed by atoms with E-state index in [9.17, 15) is 4.79 Å². The molecule has 3 heteroatoms. The summed E-state index contributed by atoms with van der Waals surface area (Å²) in [5.41, 5.74) is 3.04. The van der Waals surface area contributed by atoms with Crippen molar-refractivity contribution in [3.63, 3.8) is 0 Å². The summed E-state index contributed by atoms with van der Waals surface area (Å²) in [6, 6.07) is 13.9. The predicted molar refractivity (Wildman–Crippen MR) is 76.4 cm³/mol. The van der Waals surface area contributed by atoms with E-state index in [0.717, 1.165) is 23.2 Å². The number of carbonyl (C=O) groups is 1. The molecule has 2 rings (SSSR count). The average molecular weight is 254 g/mol. The van der Waals surface area contributed by atoms with E-state index in [1.165, 1.54) is 0 Å². The van der Waals surface area contributed by atoms with Crippen LogP contribution in [0, 0.1) is 0 Å². The molecule has 1 heterocycles. The number of benzene rings is 1. The number of pyridine rings is 1. The Morgan fingerprint density at radius 3 is 2.68 bits per heavy atom. The molecule has 0 saturated carbocycles. The number of rotatable bonds is 5. The van der Waals surface area contributed by atoms with Crippen LogP contribution in [0.1, 0.15) is 25.3 Å². The van der Waals surface area contributed by atoms with Gasteiger partial charge in [0.2, 0.25) is 5.91 Å². The topological polar surface area (TPSA) is 42.0 Å². The molecule has 0 aliphatic carbocycles. The number of carbonyl (C=O) groups excluding carboxylic acids is 1. The summed E-state index contributed by atoms with van der Waals surface area (Å²) in [5.74, 6) is 0.0883. The number of amides is 1. The zero-order chi connectivity index (χ0) is 13.5. The molecule has 0 aliphatic rings. The quantitative estimate of drug-likeness (QED) is 0.890. The molecule has 3 nitrogen and oxygen atoms in total. The monoisotopic (exact) mass is 254 g/mol. The lowest BCUT2D eigenvalue weighted by Gasteiger charge is -2.09. The molecule has 0 atom stereocenters. The van der Waals surface area contributed by atoms with Crippen molar-refractivity contribution in [1.82, 2.24) is 10.3 Å². The molecule has 1 aromatic heterocycles. The minimum absolute atomic E-state index is 0.0883. The van der Waals surface area contributed by atoms with Gasteiger partial charge in [-0.3, -0.25) is 9.78 Å². The molecule has 2 aromatic rings. The molecule has 98 valence electrons. The number of aromatic nitrogens is 1. The molecule has 0 saturated heterocycles. The first-order valence-electron chi connectivity index (χ1n) is 6.57. The van der Waals surface area contributed by atoms with E-state index in [0.29, 0.717) is 13.0 Å². The first-order valence-corrected chi connectivity index (χ1v) is 6.57. The van der Waals surface area contributed by atoms with Crippen molar-refractivity contribution in [3.8, 4) is 11.3 Å². The Bertz CT molecular complexity index is 537. The van der Waals surface area contributed by atoms with Gasteiger partial charge in [-0.05, 0) is 18.1 Å². The molecule has 1 N–H and O–H groups in total. The van der Waals surface area contributed by atoms with Gasteiger partial charge in [0.1, 0.15) is 0 Å². The third kappa shape index (κ3) is 3.65. The molecule has 0 spiro atoms. The van der Waals surface area contributed by atoms with Gasteiger partial charge in [-0.1, -0.05) is 43.3 Å². The summed E-state index contributed by atoms with van der Waals surface area (Å²) in [7, 11) is 0. The summed E-state index contributed by atoms with van der Waals surface area (Å²) in [4.78, 5) is 16.0. The summed E-state index contributed by atoms with van der Waals surface area (Å²) >= 11 is 0. The summed E-state index contributed by atoms with van der Waals surface area (Å²) < 4.78 is 0. The highest BCUT2D eigenvalue weighted by Gasteiger charge is 2.07. The van der Waals surface area contributed by atoms with Crippen LogP contribution >= 0.6 is 0 Å². The third-order valence-corrected chi connectivity index (χ3v) is 2.89. The number of hydrogen-bond donors (Lipinski definition) is 1. The lowest BCUT2D eigenvalue weighted by atomic mass is 10.1. The Labute approximate surface area is 113 Å². The lowest BCUT2D eigenvalue weighted by molar-refractivity contribution is -0.121. The van der Waals surface area contributed by atoms with Gasteiger partial charge in [0.15, 0.2) is 0 Å². The van der Waals surface area contributed by atoms with Crippen LogP contribution in [0.25, 0.3) is 11.3 Å². The van der Waals surface area contributed by atoms with Crippen molar-refractivity contribution >= 4 is 5.91 Å². The zero-order valence-electron chi connectivity index (χ0n) is 11.1. The summed E-state index contributed by atoms with van der Waals surface area (Å²) in [5, 5.41) is 2.93. The van der Waals surface area contributed by atoms with Gasteiger partial charge in [-0.2, -0.15) is 0 Å². The van der Waals surface area contributed by atoms with Crippen molar-refractivity contribution in [2.75, 3.05) is 0 Å². The second-order valence-corrected chi connectivity index (χ2v) is 4.40. The fourth-order valence-corrected chi connectivity index (χ4v) is 1.95. The van der Waals surface area contributed by atoms with E-state index in [4.69, 9.17) is 0 Å². The van der Waals surface area contributed by atoms with Crippen LogP contribution in [0.5, 0.6) is 0 Å². The van der Waals surface area contributed by atoms with Gasteiger partial charge in [-0.25, -0.2) is 0 Å². The maximum Gasteiger partial charge on any atom is 0.220 e. The maximum atomic E-state index is 11.5. The molecule has 0 radical (unpaired) electrons. The van der Waals surface area contributed by atoms with Crippen LogP contribution < -0.4 is 5.32 Å². The lowest BCUT2D eigenvalue weighted by Crippen LogP contribution is -2.22. The van der Waals surface area contributed by atoms with Crippen LogP contribution in [0.3, 0.4) is 0 Å². The SMILES string of the molecule is CCCC(=O)NCc1cccnc1-c1ccccc1. The second-order valence-electron chi connectivity index (χ2n) is 4.40. The first kappa shape index (κ1) is 13.3. The molecule has 0 unspecified atom stereocenters. The van der Waals surface area contributed by atoms with Crippen LogP contribution in [0.2, 0.25) is 0 Å². The molecule has 0 bridgehead atoms. The minimum atomic E-state index is 0.0883. The Kier molecular flexibility index (Phi) is 4.67. The van der Waals surface area contributed by atoms with Gasteiger partial charge < -0.3 is 5.32 Å². The molecule has 19 heavy (non-hydrogen) atoms. The molecule has 0 aliphatic heterocycles. The van der Waals surface area contributed by atoms with Crippen molar-refractivity contribution in [2.24, 2.45) is 0 Å². The number of hydrogen-bond acceptors (Lipinski definition) is 2. The van der Waals surface area contributed by atoms with E-state index in [1.54, 1.807) is 6.20 Å². The standard InChI is InChI=1S/C16H18N2O/c1-2-7-15(19)18-12-14-10-6-11-17-16(14)13-8-4-3-5-9-13/h3-6,8-11H,2,7,12H2,1H3,(H,18,19). The second kappa shape index (κ2) is 6.69. The van der Waals surface area contributed by atoms with Crippen LogP contribution in [-0.2, 0) is 11.3 Å². The van der Waals surface area contributed by atoms with E-state index in [1.807, 2.05) is 49.4 Å². The van der Waals surface area contributed by atoms with Gasteiger partial charge >= 0.3 is 0 Å². The predicted octanol–water partition coefficient (Wildman–Crippen LogP) is 3.16. The Morgan fingerprint density at radius 2 is 1.95 bits per heavy atom. The average Bonchev–Trinajstić information content (AvgIpc) is 2.47. The molecule has 1 aromatic carbocycles. The van der Waals surface area contributed by atoms with E-state index in [-0.39, 0.29) is 5.91 Å². The first-order chi connectivity index (χ1) is 9.31. The van der Waals surface area contributed by atoms with Crippen molar-refractivity contribution in [3.05, 3.63) is 54.2 Å². The highest BCUT2D eigenvalue weighted by Crippen LogP contribution is 2.20. The molecular formula is C16H18N2O. The Balaban J connectivity index is 2.15. The van der Waals surface area contributed by atoms with E-state index in [2.05, 4.69) is 10.3 Å². The third-order valence-electron chi connectivity index (χ3n) is 2.89. The summed E-state index contributed by atoms with van der Waals surface area (Å²) in [6.45, 7) is 2.52. The maximum absolute atomic E-state index is 11.5. The van der Waals surface area contributed by atoms with Gasteiger partial charge in [0, 0.05) is 24.7 Å². The van der Waals surface area contributed by atoms with Gasteiger partial charge in [0.05, 0.1) is 5.69 Å². The van der Waals surface area contributed by atoms with Crippen LogP contribution in [0.4, 0.5) is 0 Å². The van der Waals surface area contributed by atoms with Crippen molar-refractivity contribution in [2.45, 2.75) is 26.3 Å². The number of nitrogens with one attached hydrogen (secondary N) is 1. The highest BCUT2D eigenvalue weighted by molar-refractivity contribution is 5.76. The van der Waals surface area contributed by atoms with Gasteiger partial charge in [0.25, 0.3) is 0 Å². The van der Waals surface area contributed by atoms with E-state index < -0.39 is 0 Å². The fourth-order valence-electron chi connectivity index (χ4n) is 1.95. The van der Waals surface area contributed by atoms with Crippen molar-refractivity contribution in [1.29, 1.82) is 0 Å². The molecule has 0 fully saturated rings. The Morgan fingerprint density at radius 1 is 1.16 bits per heavy atom. The van der Waals surface area contributed by atoms with Gasteiger partial charge in [-0.15, -0.1) is 0 Å². The zero-order valence-corrected chi connectivity index (χ0v) is 11.1. The largest absolute Gasteiger partial charge is 0.352 e. The Hall–Kier alpha value is -2.16. The van der Waals surface area contributed by atoms with Crippen LogP contribution in [-0.4, -0.2) is 10.9 Å². The highest BCUT2D eigenvalue weighted by atomic mass is 16.1. The van der Waals surface area contributed by atoms with Crippen molar-refractivity contribution < 1.29 is 4.79 Å². The number of nitrogens with zero attached hydrogens (tertiary/aromatic N) is 1.